The number of hydrogen-bond acceptors (Lipinski definition) is 6. The van der Waals surface area contributed by atoms with Crippen molar-refractivity contribution in [2.45, 2.75) is 29.8 Å². The van der Waals surface area contributed by atoms with Gasteiger partial charge in [0.2, 0.25) is 10.0 Å². The first-order valence-corrected chi connectivity index (χ1v) is 7.92. The number of nitro groups is 1. The summed E-state index contributed by atoms with van der Waals surface area (Å²) < 4.78 is 27.9. The molecular formula is C12H17N3O5S. The standard InChI is InChI=1S/C12H17N3O5S/c1-20-12(5-2-6-12)8-14-10-4-3-9(21(13,18)19)7-11(10)15(16)17/h3-4,7,14H,2,5-6,8H2,1H3,(H2,13,18,19). The van der Waals surface area contributed by atoms with E-state index in [1.807, 2.05) is 0 Å². The molecule has 0 heterocycles. The minimum absolute atomic E-state index is 0.246. The Bertz CT molecular complexity index is 649. The number of anilines is 1. The van der Waals surface area contributed by atoms with Crippen LogP contribution in [0.4, 0.5) is 11.4 Å². The third-order valence-corrected chi connectivity index (χ3v) is 4.70. The van der Waals surface area contributed by atoms with Crippen LogP contribution in [0.25, 0.3) is 0 Å². The van der Waals surface area contributed by atoms with Crippen LogP contribution in [-0.2, 0) is 14.8 Å². The van der Waals surface area contributed by atoms with Gasteiger partial charge in [0.1, 0.15) is 5.69 Å². The zero-order chi connectivity index (χ0) is 15.7. The molecule has 0 radical (unpaired) electrons. The van der Waals surface area contributed by atoms with Crippen molar-refractivity contribution in [1.29, 1.82) is 0 Å². The van der Waals surface area contributed by atoms with Crippen LogP contribution in [0.5, 0.6) is 0 Å². The van der Waals surface area contributed by atoms with Crippen LogP contribution in [0.15, 0.2) is 23.1 Å². The molecule has 0 aromatic heterocycles. The maximum atomic E-state index is 11.3. The van der Waals surface area contributed by atoms with Gasteiger partial charge in [-0.15, -0.1) is 0 Å². The minimum Gasteiger partial charge on any atom is -0.377 e. The van der Waals surface area contributed by atoms with E-state index in [1.165, 1.54) is 12.1 Å². The second kappa shape index (κ2) is 5.58. The van der Waals surface area contributed by atoms with Crippen LogP contribution >= 0.6 is 0 Å². The molecule has 0 spiro atoms. The number of hydrogen-bond donors (Lipinski definition) is 2. The average Bonchev–Trinajstić information content (AvgIpc) is 2.36. The van der Waals surface area contributed by atoms with E-state index in [-0.39, 0.29) is 21.9 Å². The molecule has 1 aliphatic carbocycles. The Balaban J connectivity index is 2.25. The third kappa shape index (κ3) is 3.31. The number of rotatable bonds is 6. The van der Waals surface area contributed by atoms with Crippen LogP contribution in [0.2, 0.25) is 0 Å². The summed E-state index contributed by atoms with van der Waals surface area (Å²) >= 11 is 0. The fraction of sp³-hybridized carbons (Fsp3) is 0.500. The first kappa shape index (κ1) is 15.7. The van der Waals surface area contributed by atoms with E-state index in [4.69, 9.17) is 9.88 Å². The SMILES string of the molecule is COC1(CNc2ccc(S(N)(=O)=O)cc2[N+](=O)[O-])CCC1. The molecule has 0 bridgehead atoms. The average molecular weight is 315 g/mol. The quantitative estimate of drug-likeness (QED) is 0.600. The van der Waals surface area contributed by atoms with Crippen molar-refractivity contribution in [1.82, 2.24) is 0 Å². The summed E-state index contributed by atoms with van der Waals surface area (Å²) in [4.78, 5) is 10.1. The smallest absolute Gasteiger partial charge is 0.293 e. The predicted molar refractivity (Wildman–Crippen MR) is 76.6 cm³/mol. The molecule has 3 N–H and O–H groups in total. The molecule has 1 fully saturated rings. The number of nitro benzene ring substituents is 1. The molecule has 0 unspecified atom stereocenters. The zero-order valence-electron chi connectivity index (χ0n) is 11.5. The second-order valence-electron chi connectivity index (χ2n) is 5.08. The molecule has 116 valence electrons. The van der Waals surface area contributed by atoms with Gasteiger partial charge in [-0.05, 0) is 31.4 Å². The highest BCUT2D eigenvalue weighted by Gasteiger charge is 2.37. The van der Waals surface area contributed by atoms with E-state index in [0.29, 0.717) is 6.54 Å². The van der Waals surface area contributed by atoms with E-state index < -0.39 is 14.9 Å². The summed E-state index contributed by atoms with van der Waals surface area (Å²) in [5.41, 5.74) is -0.380. The molecular weight excluding hydrogens is 298 g/mol. The molecule has 0 aliphatic heterocycles. The van der Waals surface area contributed by atoms with Gasteiger partial charge in [0.25, 0.3) is 5.69 Å². The van der Waals surface area contributed by atoms with Crippen molar-refractivity contribution in [3.8, 4) is 0 Å². The van der Waals surface area contributed by atoms with Gasteiger partial charge in [0.05, 0.1) is 15.4 Å². The Labute approximate surface area is 122 Å². The summed E-state index contributed by atoms with van der Waals surface area (Å²) in [5.74, 6) is 0. The second-order valence-corrected chi connectivity index (χ2v) is 6.64. The summed E-state index contributed by atoms with van der Waals surface area (Å²) in [7, 11) is -2.36. The monoisotopic (exact) mass is 315 g/mol. The number of primary sulfonamides is 1. The Morgan fingerprint density at radius 3 is 2.57 bits per heavy atom. The van der Waals surface area contributed by atoms with E-state index in [0.717, 1.165) is 25.3 Å². The lowest BCUT2D eigenvalue weighted by Crippen LogP contribution is -2.45. The molecule has 0 atom stereocenters. The van der Waals surface area contributed by atoms with Crippen molar-refractivity contribution in [2.75, 3.05) is 19.0 Å². The van der Waals surface area contributed by atoms with Gasteiger partial charge in [-0.3, -0.25) is 10.1 Å². The molecule has 21 heavy (non-hydrogen) atoms. The van der Waals surface area contributed by atoms with E-state index in [1.54, 1.807) is 7.11 Å². The summed E-state index contributed by atoms with van der Waals surface area (Å²) in [6.45, 7) is 0.430. The topological polar surface area (TPSA) is 125 Å². The molecule has 0 amide bonds. The van der Waals surface area contributed by atoms with Crippen molar-refractivity contribution in [3.05, 3.63) is 28.3 Å². The summed E-state index contributed by atoms with van der Waals surface area (Å²) in [6.07, 6.45) is 2.83. The van der Waals surface area contributed by atoms with Crippen molar-refractivity contribution < 1.29 is 18.1 Å². The number of ether oxygens (including phenoxy) is 1. The number of methoxy groups -OCH3 is 1. The van der Waals surface area contributed by atoms with Gasteiger partial charge in [-0.25, -0.2) is 13.6 Å². The fourth-order valence-corrected chi connectivity index (χ4v) is 2.80. The van der Waals surface area contributed by atoms with Crippen LogP contribution in [0, 0.1) is 10.1 Å². The third-order valence-electron chi connectivity index (χ3n) is 3.79. The van der Waals surface area contributed by atoms with Crippen LogP contribution in [0.3, 0.4) is 0 Å². The predicted octanol–water partition coefficient (Wildman–Crippen LogP) is 1.22. The highest BCUT2D eigenvalue weighted by atomic mass is 32.2. The maximum absolute atomic E-state index is 11.3. The highest BCUT2D eigenvalue weighted by molar-refractivity contribution is 7.89. The van der Waals surface area contributed by atoms with Gasteiger partial charge in [0.15, 0.2) is 0 Å². The number of sulfonamides is 1. The van der Waals surface area contributed by atoms with Gasteiger partial charge in [-0.1, -0.05) is 0 Å². The maximum Gasteiger partial charge on any atom is 0.293 e. The van der Waals surface area contributed by atoms with E-state index >= 15 is 0 Å². The number of benzene rings is 1. The number of nitrogens with one attached hydrogen (secondary N) is 1. The molecule has 8 nitrogen and oxygen atoms in total. The number of nitrogens with zero attached hydrogens (tertiary/aromatic N) is 1. The lowest BCUT2D eigenvalue weighted by Gasteiger charge is -2.40. The Kier molecular flexibility index (Phi) is 4.17. The lowest BCUT2D eigenvalue weighted by atomic mass is 9.80. The van der Waals surface area contributed by atoms with Gasteiger partial charge >= 0.3 is 0 Å². The van der Waals surface area contributed by atoms with Crippen molar-refractivity contribution in [2.24, 2.45) is 5.14 Å². The van der Waals surface area contributed by atoms with Gasteiger partial charge < -0.3 is 10.1 Å². The summed E-state index contributed by atoms with van der Waals surface area (Å²) in [5, 5.41) is 19.0. The number of nitrogens with two attached hydrogens (primary N) is 1. The molecule has 2 rings (SSSR count). The molecule has 1 saturated carbocycles. The normalized spacial score (nSPS) is 17.0. The van der Waals surface area contributed by atoms with E-state index in [2.05, 4.69) is 5.32 Å². The Morgan fingerprint density at radius 2 is 2.14 bits per heavy atom. The Morgan fingerprint density at radius 1 is 1.48 bits per heavy atom. The minimum atomic E-state index is -3.97. The summed E-state index contributed by atoms with van der Waals surface area (Å²) in [6, 6.07) is 3.54. The van der Waals surface area contributed by atoms with Crippen molar-refractivity contribution >= 4 is 21.4 Å². The molecule has 0 saturated heterocycles. The lowest BCUT2D eigenvalue weighted by molar-refractivity contribution is -0.384. The first-order valence-electron chi connectivity index (χ1n) is 6.38. The molecule has 1 aromatic carbocycles. The van der Waals surface area contributed by atoms with Crippen LogP contribution in [-0.4, -0.2) is 32.6 Å². The zero-order valence-corrected chi connectivity index (χ0v) is 12.4. The largest absolute Gasteiger partial charge is 0.377 e. The Hall–Kier alpha value is -1.71. The molecule has 1 aliphatic rings. The van der Waals surface area contributed by atoms with Crippen molar-refractivity contribution in [3.63, 3.8) is 0 Å². The fourth-order valence-electron chi connectivity index (χ4n) is 2.27. The van der Waals surface area contributed by atoms with Gasteiger partial charge in [-0.2, -0.15) is 0 Å². The first-order chi connectivity index (χ1) is 9.77. The molecule has 1 aromatic rings. The van der Waals surface area contributed by atoms with Gasteiger partial charge in [0, 0.05) is 19.7 Å². The van der Waals surface area contributed by atoms with E-state index in [9.17, 15) is 18.5 Å². The van der Waals surface area contributed by atoms with Crippen LogP contribution < -0.4 is 10.5 Å². The van der Waals surface area contributed by atoms with Crippen LogP contribution in [0.1, 0.15) is 19.3 Å². The highest BCUT2D eigenvalue weighted by Crippen LogP contribution is 2.36. The molecule has 9 heteroatoms.